The summed E-state index contributed by atoms with van der Waals surface area (Å²) in [4.78, 5) is 17.0. The third-order valence-corrected chi connectivity index (χ3v) is 3.69. The van der Waals surface area contributed by atoms with Crippen molar-refractivity contribution >= 4 is 27.5 Å². The molecule has 0 aromatic carbocycles. The van der Waals surface area contributed by atoms with Crippen molar-refractivity contribution < 1.29 is 14.6 Å². The molecule has 0 bridgehead atoms. The van der Waals surface area contributed by atoms with E-state index in [4.69, 9.17) is 9.84 Å². The van der Waals surface area contributed by atoms with Crippen molar-refractivity contribution in [3.8, 4) is 0 Å². The maximum atomic E-state index is 12.5. The van der Waals surface area contributed by atoms with Gasteiger partial charge in [0.25, 0.3) is 5.91 Å². The average molecular weight is 370 g/mol. The number of aliphatic hydroxyl groups excluding tert-OH is 1. The van der Waals surface area contributed by atoms with Crippen molar-refractivity contribution in [3.05, 3.63) is 33.7 Å². The van der Waals surface area contributed by atoms with E-state index in [9.17, 15) is 4.79 Å². The zero-order valence-corrected chi connectivity index (χ0v) is 14.3. The third kappa shape index (κ3) is 3.66. The quantitative estimate of drug-likeness (QED) is 0.728. The Balaban J connectivity index is 2.23. The first-order valence-electron chi connectivity index (χ1n) is 7.22. The highest BCUT2D eigenvalue weighted by molar-refractivity contribution is 9.10. The summed E-state index contributed by atoms with van der Waals surface area (Å²) in [6.45, 7) is 4.96. The zero-order chi connectivity index (χ0) is 16.1. The molecule has 0 aliphatic carbocycles. The molecular formula is C15H20BrN3O3. The van der Waals surface area contributed by atoms with Crippen LogP contribution >= 0.6 is 15.9 Å². The maximum Gasteiger partial charge on any atom is 0.270 e. The standard InChI is InChI=1S/C15H20BrN3O3/c1-3-12-13(15(21)17-4-6-22-7-5-20)19-9-11(16)8-10(2)14(19)18-12/h8-9,20H,3-7H2,1-2H3,(H,17,21). The highest BCUT2D eigenvalue weighted by Crippen LogP contribution is 2.21. The van der Waals surface area contributed by atoms with E-state index in [1.54, 1.807) is 0 Å². The second-order valence-electron chi connectivity index (χ2n) is 4.89. The van der Waals surface area contributed by atoms with Crippen molar-refractivity contribution in [2.75, 3.05) is 26.4 Å². The van der Waals surface area contributed by atoms with Gasteiger partial charge in [0.1, 0.15) is 11.3 Å². The van der Waals surface area contributed by atoms with Crippen LogP contribution in [0.4, 0.5) is 0 Å². The summed E-state index contributed by atoms with van der Waals surface area (Å²) in [6.07, 6.45) is 2.54. The molecule has 0 atom stereocenters. The van der Waals surface area contributed by atoms with Crippen LogP contribution in [0.1, 0.15) is 28.7 Å². The van der Waals surface area contributed by atoms with Crippen LogP contribution in [0.25, 0.3) is 5.65 Å². The Labute approximate surface area is 137 Å². The second-order valence-corrected chi connectivity index (χ2v) is 5.80. The van der Waals surface area contributed by atoms with Gasteiger partial charge in [0.05, 0.1) is 25.5 Å². The molecule has 2 aromatic rings. The number of carbonyl (C=O) groups excluding carboxylic acids is 1. The van der Waals surface area contributed by atoms with E-state index in [-0.39, 0.29) is 19.1 Å². The van der Waals surface area contributed by atoms with Crippen molar-refractivity contribution in [1.29, 1.82) is 0 Å². The lowest BCUT2D eigenvalue weighted by molar-refractivity contribution is 0.0834. The molecule has 22 heavy (non-hydrogen) atoms. The summed E-state index contributed by atoms with van der Waals surface area (Å²) >= 11 is 3.45. The van der Waals surface area contributed by atoms with Crippen molar-refractivity contribution in [2.24, 2.45) is 0 Å². The van der Waals surface area contributed by atoms with E-state index in [0.717, 1.165) is 21.4 Å². The summed E-state index contributed by atoms with van der Waals surface area (Å²) < 4.78 is 7.86. The van der Waals surface area contributed by atoms with E-state index < -0.39 is 0 Å². The van der Waals surface area contributed by atoms with Crippen LogP contribution in [0.2, 0.25) is 0 Å². The highest BCUT2D eigenvalue weighted by Gasteiger charge is 2.19. The summed E-state index contributed by atoms with van der Waals surface area (Å²) in [7, 11) is 0. The van der Waals surface area contributed by atoms with Gasteiger partial charge in [-0.1, -0.05) is 6.92 Å². The van der Waals surface area contributed by atoms with Crippen LogP contribution in [0.5, 0.6) is 0 Å². The number of aliphatic hydroxyl groups is 1. The summed E-state index contributed by atoms with van der Waals surface area (Å²) in [5.41, 5.74) is 3.13. The molecule has 2 aromatic heterocycles. The van der Waals surface area contributed by atoms with Gasteiger partial charge in [0.2, 0.25) is 0 Å². The van der Waals surface area contributed by atoms with Gasteiger partial charge < -0.3 is 15.2 Å². The number of rotatable bonds is 7. The van der Waals surface area contributed by atoms with Gasteiger partial charge in [0.15, 0.2) is 0 Å². The fourth-order valence-electron chi connectivity index (χ4n) is 2.29. The lowest BCUT2D eigenvalue weighted by atomic mass is 10.2. The van der Waals surface area contributed by atoms with Crippen molar-refractivity contribution in [2.45, 2.75) is 20.3 Å². The number of nitrogens with zero attached hydrogens (tertiary/aromatic N) is 2. The smallest absolute Gasteiger partial charge is 0.270 e. The first-order chi connectivity index (χ1) is 10.6. The van der Waals surface area contributed by atoms with Gasteiger partial charge in [-0.25, -0.2) is 4.98 Å². The summed E-state index contributed by atoms with van der Waals surface area (Å²) in [5, 5.41) is 11.5. The Morgan fingerprint density at radius 1 is 1.50 bits per heavy atom. The number of aryl methyl sites for hydroxylation is 2. The van der Waals surface area contributed by atoms with E-state index >= 15 is 0 Å². The molecule has 0 spiro atoms. The predicted molar refractivity (Wildman–Crippen MR) is 87.2 cm³/mol. The van der Waals surface area contributed by atoms with Crippen LogP contribution in [-0.2, 0) is 11.2 Å². The molecule has 0 unspecified atom stereocenters. The van der Waals surface area contributed by atoms with Crippen LogP contribution in [-0.4, -0.2) is 46.8 Å². The number of pyridine rings is 1. The number of halogens is 1. The van der Waals surface area contributed by atoms with Gasteiger partial charge in [-0.2, -0.15) is 0 Å². The molecule has 0 aliphatic rings. The van der Waals surface area contributed by atoms with E-state index in [1.165, 1.54) is 0 Å². The fraction of sp³-hybridized carbons (Fsp3) is 0.467. The molecular weight excluding hydrogens is 350 g/mol. The highest BCUT2D eigenvalue weighted by atomic mass is 79.9. The van der Waals surface area contributed by atoms with E-state index in [2.05, 4.69) is 26.2 Å². The number of imidazole rings is 1. The van der Waals surface area contributed by atoms with Gasteiger partial charge in [-0.3, -0.25) is 9.20 Å². The minimum absolute atomic E-state index is 0.0194. The van der Waals surface area contributed by atoms with Crippen LogP contribution in [0.15, 0.2) is 16.7 Å². The minimum atomic E-state index is -0.172. The molecule has 2 N–H and O–H groups in total. The minimum Gasteiger partial charge on any atom is -0.394 e. The van der Waals surface area contributed by atoms with Crippen LogP contribution in [0, 0.1) is 6.92 Å². The van der Waals surface area contributed by atoms with Gasteiger partial charge >= 0.3 is 0 Å². The topological polar surface area (TPSA) is 75.9 Å². The Bertz CT molecular complexity index is 670. The molecule has 0 aliphatic heterocycles. The Kier molecular flexibility index (Phi) is 5.93. The fourth-order valence-corrected chi connectivity index (χ4v) is 2.84. The van der Waals surface area contributed by atoms with Crippen molar-refractivity contribution in [1.82, 2.24) is 14.7 Å². The largest absolute Gasteiger partial charge is 0.394 e. The molecule has 2 heterocycles. The molecule has 1 amide bonds. The number of ether oxygens (including phenoxy) is 1. The van der Waals surface area contributed by atoms with Crippen LogP contribution < -0.4 is 5.32 Å². The number of amides is 1. The Hall–Kier alpha value is -1.44. The second kappa shape index (κ2) is 7.71. The molecule has 0 radical (unpaired) electrons. The monoisotopic (exact) mass is 369 g/mol. The van der Waals surface area contributed by atoms with E-state index in [1.807, 2.05) is 30.5 Å². The van der Waals surface area contributed by atoms with Crippen LogP contribution in [0.3, 0.4) is 0 Å². The van der Waals surface area contributed by atoms with Gasteiger partial charge in [-0.15, -0.1) is 0 Å². The molecule has 0 fully saturated rings. The summed E-state index contributed by atoms with van der Waals surface area (Å²) in [5.74, 6) is -0.172. The van der Waals surface area contributed by atoms with Gasteiger partial charge in [0, 0.05) is 17.2 Å². The van der Waals surface area contributed by atoms with Crippen molar-refractivity contribution in [3.63, 3.8) is 0 Å². The Morgan fingerprint density at radius 3 is 2.95 bits per heavy atom. The SMILES string of the molecule is CCc1nc2c(C)cc(Br)cn2c1C(=O)NCCOCCO. The predicted octanol–water partition coefficient (Wildman–Crippen LogP) is 1.71. The number of nitrogens with one attached hydrogen (secondary N) is 1. The molecule has 0 saturated heterocycles. The molecule has 7 heteroatoms. The van der Waals surface area contributed by atoms with E-state index in [0.29, 0.717) is 25.3 Å². The third-order valence-electron chi connectivity index (χ3n) is 3.26. The lowest BCUT2D eigenvalue weighted by Crippen LogP contribution is -2.29. The number of hydrogen-bond donors (Lipinski definition) is 2. The maximum absolute atomic E-state index is 12.5. The molecule has 0 saturated carbocycles. The Morgan fingerprint density at radius 2 is 2.27 bits per heavy atom. The number of aromatic nitrogens is 2. The summed E-state index contributed by atoms with van der Waals surface area (Å²) in [6, 6.07) is 1.98. The molecule has 6 nitrogen and oxygen atoms in total. The first kappa shape index (κ1) is 16.9. The number of hydrogen-bond acceptors (Lipinski definition) is 4. The lowest BCUT2D eigenvalue weighted by Gasteiger charge is -2.08. The average Bonchev–Trinajstić information content (AvgIpc) is 2.85. The number of fused-ring (bicyclic) bond motifs is 1. The van der Waals surface area contributed by atoms with Gasteiger partial charge in [-0.05, 0) is 40.9 Å². The number of carbonyl (C=O) groups is 1. The zero-order valence-electron chi connectivity index (χ0n) is 12.7. The molecule has 2 rings (SSSR count). The molecule has 120 valence electrons. The first-order valence-corrected chi connectivity index (χ1v) is 8.01. The normalized spacial score (nSPS) is 11.1.